The van der Waals surface area contributed by atoms with Gasteiger partial charge in [-0.3, -0.25) is 0 Å². The molecule has 8 nitrogen and oxygen atoms in total. The number of fused-ring (bicyclic) bond motifs is 1. The van der Waals surface area contributed by atoms with Crippen molar-refractivity contribution in [1.82, 2.24) is 15.0 Å². The Morgan fingerprint density at radius 2 is 1.97 bits per heavy atom. The van der Waals surface area contributed by atoms with Gasteiger partial charge in [-0.1, -0.05) is 11.6 Å². The minimum atomic E-state index is -0.694. The number of esters is 1. The molecule has 150 valence electrons. The summed E-state index contributed by atoms with van der Waals surface area (Å²) in [6.45, 7) is 2.14. The molecular formula is C19H16ClFN4O4. The molecular weight excluding hydrogens is 403 g/mol. The second kappa shape index (κ2) is 7.76. The highest BCUT2D eigenvalue weighted by Crippen LogP contribution is 2.36. The fourth-order valence-corrected chi connectivity index (χ4v) is 3.29. The zero-order valence-corrected chi connectivity index (χ0v) is 16.1. The minimum absolute atomic E-state index is 0.0511. The maximum Gasteiger partial charge on any atom is 0.356 e. The lowest BCUT2D eigenvalue weighted by Gasteiger charge is -2.27. The lowest BCUT2D eigenvalue weighted by atomic mass is 10.1. The van der Waals surface area contributed by atoms with E-state index in [2.05, 4.69) is 15.0 Å². The molecule has 4 rings (SSSR count). The van der Waals surface area contributed by atoms with E-state index >= 15 is 0 Å². The number of ether oxygens (including phenoxy) is 2. The van der Waals surface area contributed by atoms with Gasteiger partial charge in [0.2, 0.25) is 5.95 Å². The molecule has 1 aromatic carbocycles. The summed E-state index contributed by atoms with van der Waals surface area (Å²) in [4.78, 5) is 27.2. The molecule has 2 aromatic heterocycles. The van der Waals surface area contributed by atoms with E-state index in [0.717, 1.165) is 12.1 Å². The highest BCUT2D eigenvalue weighted by atomic mass is 35.5. The van der Waals surface area contributed by atoms with Crippen molar-refractivity contribution in [2.45, 2.75) is 0 Å². The van der Waals surface area contributed by atoms with Gasteiger partial charge in [0.25, 0.3) is 0 Å². The monoisotopic (exact) mass is 418 g/mol. The van der Waals surface area contributed by atoms with Crippen LogP contribution in [-0.4, -0.2) is 59.4 Å². The molecule has 0 aliphatic carbocycles. The predicted molar refractivity (Wildman–Crippen MR) is 104 cm³/mol. The van der Waals surface area contributed by atoms with E-state index in [1.165, 1.54) is 19.2 Å². The van der Waals surface area contributed by atoms with E-state index in [4.69, 9.17) is 21.1 Å². The zero-order chi connectivity index (χ0) is 20.5. The van der Waals surface area contributed by atoms with Crippen LogP contribution in [0.3, 0.4) is 0 Å². The highest BCUT2D eigenvalue weighted by Gasteiger charge is 2.23. The summed E-state index contributed by atoms with van der Waals surface area (Å²) in [6.07, 6.45) is 0. The molecule has 0 amide bonds. The molecule has 1 N–H and O–H groups in total. The highest BCUT2D eigenvalue weighted by molar-refractivity contribution is 6.35. The van der Waals surface area contributed by atoms with Crippen molar-refractivity contribution in [2.24, 2.45) is 0 Å². The molecule has 3 heterocycles. The number of phenolic OH excluding ortho intramolecular Hbond substituents is 1. The first-order chi connectivity index (χ1) is 14.0. The largest absolute Gasteiger partial charge is 0.507 e. The Labute approximate surface area is 169 Å². The summed E-state index contributed by atoms with van der Waals surface area (Å²) >= 11 is 6.39. The van der Waals surface area contributed by atoms with Crippen LogP contribution < -0.4 is 4.90 Å². The molecule has 10 heteroatoms. The number of nitrogens with zero attached hydrogens (tertiary/aromatic N) is 4. The molecule has 0 unspecified atom stereocenters. The van der Waals surface area contributed by atoms with Crippen LogP contribution in [0.4, 0.5) is 10.3 Å². The number of carbonyl (C=O) groups is 1. The smallest absolute Gasteiger partial charge is 0.356 e. The summed E-state index contributed by atoms with van der Waals surface area (Å²) in [6, 6.07) is 4.84. The van der Waals surface area contributed by atoms with Crippen molar-refractivity contribution in [3.05, 3.63) is 40.8 Å². The lowest BCUT2D eigenvalue weighted by molar-refractivity contribution is 0.0594. The first-order valence-electron chi connectivity index (χ1n) is 8.76. The summed E-state index contributed by atoms with van der Waals surface area (Å²) in [7, 11) is 1.22. The Hall–Kier alpha value is -3.04. The molecule has 1 fully saturated rings. The number of hydrogen-bond acceptors (Lipinski definition) is 8. The van der Waals surface area contributed by atoms with Gasteiger partial charge in [0.1, 0.15) is 28.3 Å². The van der Waals surface area contributed by atoms with Crippen LogP contribution in [0.15, 0.2) is 24.3 Å². The normalized spacial score (nSPS) is 14.2. The molecule has 29 heavy (non-hydrogen) atoms. The maximum atomic E-state index is 13.9. The molecule has 1 aliphatic heterocycles. The van der Waals surface area contributed by atoms with Crippen LogP contribution in [0.25, 0.3) is 22.3 Å². The number of phenols is 1. The van der Waals surface area contributed by atoms with Crippen molar-refractivity contribution in [3.8, 4) is 17.0 Å². The summed E-state index contributed by atoms with van der Waals surface area (Å²) in [5.41, 5.74) is 0.633. The molecule has 0 atom stereocenters. The Morgan fingerprint density at radius 1 is 1.21 bits per heavy atom. The number of rotatable bonds is 3. The van der Waals surface area contributed by atoms with Crippen LogP contribution in [0.5, 0.6) is 5.75 Å². The Morgan fingerprint density at radius 3 is 2.69 bits per heavy atom. The van der Waals surface area contributed by atoms with Gasteiger partial charge in [0.05, 0.1) is 25.3 Å². The number of methoxy groups -OCH3 is 1. The van der Waals surface area contributed by atoms with Crippen molar-refractivity contribution < 1.29 is 23.8 Å². The van der Waals surface area contributed by atoms with E-state index < -0.39 is 11.8 Å². The number of benzene rings is 1. The molecule has 1 aliphatic rings. The van der Waals surface area contributed by atoms with Gasteiger partial charge in [-0.2, -0.15) is 0 Å². The molecule has 0 bridgehead atoms. The third-order valence-electron chi connectivity index (χ3n) is 4.50. The van der Waals surface area contributed by atoms with E-state index in [-0.39, 0.29) is 38.8 Å². The number of morpholine rings is 1. The van der Waals surface area contributed by atoms with Gasteiger partial charge in [-0.25, -0.2) is 24.1 Å². The van der Waals surface area contributed by atoms with Crippen molar-refractivity contribution in [1.29, 1.82) is 0 Å². The minimum Gasteiger partial charge on any atom is -0.507 e. The molecule has 1 saturated heterocycles. The number of carbonyl (C=O) groups excluding carboxylic acids is 1. The molecule has 0 radical (unpaired) electrons. The summed E-state index contributed by atoms with van der Waals surface area (Å²) < 4.78 is 24.0. The first-order valence-corrected chi connectivity index (χ1v) is 9.14. The average molecular weight is 419 g/mol. The lowest BCUT2D eigenvalue weighted by Crippen LogP contribution is -2.37. The van der Waals surface area contributed by atoms with E-state index in [1.54, 1.807) is 0 Å². The Kier molecular flexibility index (Phi) is 5.16. The second-order valence-electron chi connectivity index (χ2n) is 6.31. The van der Waals surface area contributed by atoms with Crippen molar-refractivity contribution >= 4 is 34.6 Å². The standard InChI is InChI=1S/C19H16ClFN4O4/c1-28-18(27)13-9-12(20)16-17(22-13)15(11-8-10(21)2-3-14(11)26)23-19(24-16)25-4-6-29-7-5-25/h2-3,8-9,26H,4-7H2,1H3. The number of aromatic nitrogens is 3. The predicted octanol–water partition coefficient (Wildman–Crippen LogP) is 2.81. The Bertz CT molecular complexity index is 1110. The van der Waals surface area contributed by atoms with E-state index in [1.807, 2.05) is 4.90 Å². The molecule has 0 saturated carbocycles. The number of pyridine rings is 1. The number of anilines is 1. The zero-order valence-electron chi connectivity index (χ0n) is 15.4. The van der Waals surface area contributed by atoms with Gasteiger partial charge in [-0.15, -0.1) is 0 Å². The number of hydrogen-bond donors (Lipinski definition) is 1. The van der Waals surface area contributed by atoms with Gasteiger partial charge in [0.15, 0.2) is 5.69 Å². The average Bonchev–Trinajstić information content (AvgIpc) is 2.75. The quantitative estimate of drug-likeness (QED) is 0.648. The molecule has 0 spiro atoms. The summed E-state index contributed by atoms with van der Waals surface area (Å²) in [5, 5.41) is 10.5. The maximum absolute atomic E-state index is 13.9. The van der Waals surface area contributed by atoms with Crippen LogP contribution in [0.1, 0.15) is 10.5 Å². The van der Waals surface area contributed by atoms with E-state index in [0.29, 0.717) is 32.3 Å². The van der Waals surface area contributed by atoms with Gasteiger partial charge >= 0.3 is 5.97 Å². The number of halogens is 2. The van der Waals surface area contributed by atoms with Gasteiger partial charge in [0, 0.05) is 18.7 Å². The van der Waals surface area contributed by atoms with Crippen LogP contribution >= 0.6 is 11.6 Å². The van der Waals surface area contributed by atoms with Gasteiger partial charge < -0.3 is 19.5 Å². The fourth-order valence-electron chi connectivity index (χ4n) is 3.06. The van der Waals surface area contributed by atoms with Crippen LogP contribution in [0.2, 0.25) is 5.02 Å². The topological polar surface area (TPSA) is 97.7 Å². The second-order valence-corrected chi connectivity index (χ2v) is 6.72. The third-order valence-corrected chi connectivity index (χ3v) is 4.78. The SMILES string of the molecule is COC(=O)c1cc(Cl)c2nc(N3CCOCC3)nc(-c3cc(F)ccc3O)c2n1. The van der Waals surface area contributed by atoms with Gasteiger partial charge in [-0.05, 0) is 24.3 Å². The van der Waals surface area contributed by atoms with Crippen molar-refractivity contribution in [2.75, 3.05) is 38.3 Å². The van der Waals surface area contributed by atoms with Crippen LogP contribution in [-0.2, 0) is 9.47 Å². The first kappa shape index (κ1) is 19.3. The third kappa shape index (κ3) is 3.66. The van der Waals surface area contributed by atoms with Crippen molar-refractivity contribution in [3.63, 3.8) is 0 Å². The Balaban J connectivity index is 2.01. The fraction of sp³-hybridized carbons (Fsp3) is 0.263. The van der Waals surface area contributed by atoms with Crippen LogP contribution in [0, 0.1) is 5.82 Å². The van der Waals surface area contributed by atoms with E-state index in [9.17, 15) is 14.3 Å². The molecule has 3 aromatic rings. The number of aromatic hydroxyl groups is 1. The summed E-state index contributed by atoms with van der Waals surface area (Å²) in [5.74, 6) is -1.11.